The molecular weight excluding hydrogens is 188 g/mol. The smallest absolute Gasteiger partial charge is 0.255 e. The molecule has 1 aliphatic heterocycles. The van der Waals surface area contributed by atoms with Gasteiger partial charge >= 0.3 is 0 Å². The SMILES string of the molecule is C=CN=CC1=C(CC)CN(C(C)C)C1=O. The van der Waals surface area contributed by atoms with Crippen LogP contribution in [0.1, 0.15) is 27.2 Å². The zero-order valence-electron chi connectivity index (χ0n) is 9.66. The lowest BCUT2D eigenvalue weighted by Crippen LogP contribution is -2.33. The molecule has 0 bridgehead atoms. The summed E-state index contributed by atoms with van der Waals surface area (Å²) in [6.45, 7) is 10.4. The summed E-state index contributed by atoms with van der Waals surface area (Å²) in [5.41, 5.74) is 1.91. The van der Waals surface area contributed by atoms with Gasteiger partial charge in [0.2, 0.25) is 0 Å². The third-order valence-corrected chi connectivity index (χ3v) is 2.59. The molecular formula is C12H18N2O. The molecule has 1 aliphatic rings. The van der Waals surface area contributed by atoms with Gasteiger partial charge in [-0.15, -0.1) is 0 Å². The first-order chi connectivity index (χ1) is 7.11. The van der Waals surface area contributed by atoms with E-state index in [2.05, 4.69) is 18.5 Å². The van der Waals surface area contributed by atoms with Gasteiger partial charge in [-0.25, -0.2) is 0 Å². The fourth-order valence-corrected chi connectivity index (χ4v) is 1.66. The van der Waals surface area contributed by atoms with Crippen molar-refractivity contribution in [3.05, 3.63) is 23.9 Å². The maximum Gasteiger partial charge on any atom is 0.255 e. The van der Waals surface area contributed by atoms with Crippen LogP contribution in [0, 0.1) is 0 Å². The third-order valence-electron chi connectivity index (χ3n) is 2.59. The number of aliphatic imine (C=N–C) groups is 1. The molecule has 0 saturated carbocycles. The fraction of sp³-hybridized carbons (Fsp3) is 0.500. The predicted octanol–water partition coefficient (Wildman–Crippen LogP) is 2.16. The number of hydrogen-bond donors (Lipinski definition) is 0. The van der Waals surface area contributed by atoms with Crippen LogP contribution in [0.25, 0.3) is 0 Å². The molecule has 82 valence electrons. The Morgan fingerprint density at radius 3 is 2.73 bits per heavy atom. The minimum Gasteiger partial charge on any atom is -0.332 e. The molecule has 15 heavy (non-hydrogen) atoms. The lowest BCUT2D eigenvalue weighted by atomic mass is 10.1. The molecule has 1 rings (SSSR count). The van der Waals surface area contributed by atoms with E-state index in [-0.39, 0.29) is 11.9 Å². The Morgan fingerprint density at radius 1 is 1.60 bits per heavy atom. The maximum absolute atomic E-state index is 12.0. The number of amides is 1. The van der Waals surface area contributed by atoms with Crippen molar-refractivity contribution in [3.8, 4) is 0 Å². The summed E-state index contributed by atoms with van der Waals surface area (Å²) in [5.74, 6) is 0.0902. The largest absolute Gasteiger partial charge is 0.332 e. The zero-order chi connectivity index (χ0) is 11.4. The van der Waals surface area contributed by atoms with Crippen LogP contribution >= 0.6 is 0 Å². The van der Waals surface area contributed by atoms with Crippen molar-refractivity contribution in [2.75, 3.05) is 6.54 Å². The van der Waals surface area contributed by atoms with Crippen molar-refractivity contribution in [1.82, 2.24) is 4.90 Å². The average molecular weight is 206 g/mol. The molecule has 0 unspecified atom stereocenters. The van der Waals surface area contributed by atoms with Gasteiger partial charge in [-0.3, -0.25) is 9.79 Å². The first-order valence-electron chi connectivity index (χ1n) is 5.28. The van der Waals surface area contributed by atoms with E-state index in [4.69, 9.17) is 0 Å². The number of carbonyl (C=O) groups is 1. The molecule has 3 nitrogen and oxygen atoms in total. The zero-order valence-corrected chi connectivity index (χ0v) is 9.66. The Morgan fingerprint density at radius 2 is 2.27 bits per heavy atom. The van der Waals surface area contributed by atoms with E-state index < -0.39 is 0 Å². The molecule has 0 aromatic carbocycles. The minimum atomic E-state index is 0.0902. The number of nitrogens with zero attached hydrogens (tertiary/aromatic N) is 2. The number of rotatable bonds is 4. The molecule has 1 amide bonds. The Bertz CT molecular complexity index is 327. The van der Waals surface area contributed by atoms with Crippen LogP contribution in [0.3, 0.4) is 0 Å². The Balaban J connectivity index is 2.94. The van der Waals surface area contributed by atoms with E-state index in [1.54, 1.807) is 6.21 Å². The van der Waals surface area contributed by atoms with Crippen LogP contribution in [0.5, 0.6) is 0 Å². The first-order valence-corrected chi connectivity index (χ1v) is 5.28. The third kappa shape index (κ3) is 2.35. The van der Waals surface area contributed by atoms with E-state index in [1.807, 2.05) is 18.7 Å². The monoisotopic (exact) mass is 206 g/mol. The molecule has 0 spiro atoms. The molecule has 0 fully saturated rings. The highest BCUT2D eigenvalue weighted by Crippen LogP contribution is 2.22. The lowest BCUT2D eigenvalue weighted by Gasteiger charge is -2.21. The maximum atomic E-state index is 12.0. The summed E-state index contributed by atoms with van der Waals surface area (Å²) in [6, 6.07) is 0.244. The van der Waals surface area contributed by atoms with Crippen LogP contribution < -0.4 is 0 Å². The van der Waals surface area contributed by atoms with E-state index in [1.165, 1.54) is 11.8 Å². The van der Waals surface area contributed by atoms with Gasteiger partial charge in [0.1, 0.15) is 0 Å². The van der Waals surface area contributed by atoms with Gasteiger partial charge in [-0.1, -0.05) is 13.5 Å². The summed E-state index contributed by atoms with van der Waals surface area (Å²) in [4.78, 5) is 17.8. The highest BCUT2D eigenvalue weighted by atomic mass is 16.2. The second-order valence-electron chi connectivity index (χ2n) is 3.86. The molecule has 0 radical (unpaired) electrons. The highest BCUT2D eigenvalue weighted by Gasteiger charge is 2.29. The average Bonchev–Trinajstić information content (AvgIpc) is 2.52. The Hall–Kier alpha value is -1.38. The fourth-order valence-electron chi connectivity index (χ4n) is 1.66. The normalized spacial score (nSPS) is 17.3. The molecule has 1 heterocycles. The highest BCUT2D eigenvalue weighted by molar-refractivity contribution is 6.14. The molecule has 0 aromatic rings. The Kier molecular flexibility index (Phi) is 3.83. The molecule has 0 aromatic heterocycles. The van der Waals surface area contributed by atoms with Crippen molar-refractivity contribution in [1.29, 1.82) is 0 Å². The summed E-state index contributed by atoms with van der Waals surface area (Å²) in [5, 5.41) is 0. The second kappa shape index (κ2) is 4.91. The van der Waals surface area contributed by atoms with Crippen molar-refractivity contribution < 1.29 is 4.79 Å². The summed E-state index contributed by atoms with van der Waals surface area (Å²) < 4.78 is 0. The summed E-state index contributed by atoms with van der Waals surface area (Å²) in [6.07, 6.45) is 3.97. The van der Waals surface area contributed by atoms with Gasteiger partial charge in [-0.2, -0.15) is 0 Å². The van der Waals surface area contributed by atoms with Crippen molar-refractivity contribution in [3.63, 3.8) is 0 Å². The van der Waals surface area contributed by atoms with Crippen molar-refractivity contribution >= 4 is 12.1 Å². The number of hydrogen-bond acceptors (Lipinski definition) is 2. The quantitative estimate of drug-likeness (QED) is 0.649. The van der Waals surface area contributed by atoms with Gasteiger partial charge in [0.15, 0.2) is 0 Å². The van der Waals surface area contributed by atoms with Gasteiger partial charge in [0.05, 0.1) is 5.57 Å². The van der Waals surface area contributed by atoms with Crippen LogP contribution in [-0.2, 0) is 4.79 Å². The lowest BCUT2D eigenvalue weighted by molar-refractivity contribution is -0.126. The Labute approximate surface area is 91.2 Å². The molecule has 0 N–H and O–H groups in total. The predicted molar refractivity (Wildman–Crippen MR) is 62.9 cm³/mol. The summed E-state index contributed by atoms with van der Waals surface area (Å²) in [7, 11) is 0. The number of carbonyl (C=O) groups excluding carboxylic acids is 1. The van der Waals surface area contributed by atoms with Crippen LogP contribution in [-0.4, -0.2) is 29.6 Å². The van der Waals surface area contributed by atoms with Crippen molar-refractivity contribution in [2.24, 2.45) is 4.99 Å². The van der Waals surface area contributed by atoms with Crippen LogP contribution in [0.2, 0.25) is 0 Å². The van der Waals surface area contributed by atoms with Crippen LogP contribution in [0.15, 0.2) is 28.9 Å². The second-order valence-corrected chi connectivity index (χ2v) is 3.86. The van der Waals surface area contributed by atoms with Crippen LogP contribution in [0.4, 0.5) is 0 Å². The molecule has 0 aliphatic carbocycles. The standard InChI is InChI=1S/C12H18N2O/c1-5-10-8-14(9(3)4)12(15)11(10)7-13-6-2/h6-7,9H,2,5,8H2,1,3-4H3. The summed E-state index contributed by atoms with van der Waals surface area (Å²) >= 11 is 0. The van der Waals surface area contributed by atoms with E-state index in [0.717, 1.165) is 18.5 Å². The van der Waals surface area contributed by atoms with Gasteiger partial charge < -0.3 is 4.90 Å². The first kappa shape index (κ1) is 11.7. The van der Waals surface area contributed by atoms with E-state index in [9.17, 15) is 4.79 Å². The van der Waals surface area contributed by atoms with E-state index in [0.29, 0.717) is 0 Å². The van der Waals surface area contributed by atoms with Gasteiger partial charge in [0.25, 0.3) is 5.91 Å². The minimum absolute atomic E-state index is 0.0902. The topological polar surface area (TPSA) is 32.7 Å². The van der Waals surface area contributed by atoms with E-state index >= 15 is 0 Å². The molecule has 0 saturated heterocycles. The molecule has 3 heteroatoms. The van der Waals surface area contributed by atoms with Gasteiger partial charge in [0, 0.05) is 25.0 Å². The van der Waals surface area contributed by atoms with Gasteiger partial charge in [-0.05, 0) is 25.8 Å². The molecule has 0 atom stereocenters. The van der Waals surface area contributed by atoms with Crippen molar-refractivity contribution in [2.45, 2.75) is 33.2 Å².